The van der Waals surface area contributed by atoms with Gasteiger partial charge in [-0.3, -0.25) is 4.79 Å². The second kappa shape index (κ2) is 6.78. The predicted octanol–water partition coefficient (Wildman–Crippen LogP) is 2.26. The Labute approximate surface area is 114 Å². The zero-order valence-corrected chi connectivity index (χ0v) is 11.4. The first-order valence-corrected chi connectivity index (χ1v) is 7.46. The predicted molar refractivity (Wildman–Crippen MR) is 71.9 cm³/mol. The minimum absolute atomic E-state index is 0.190. The molecule has 2 aliphatic rings. The number of amides is 2. The van der Waals surface area contributed by atoms with E-state index in [1.165, 1.54) is 19.3 Å². The summed E-state index contributed by atoms with van der Waals surface area (Å²) in [5.74, 6) is -1.21. The third-order valence-corrected chi connectivity index (χ3v) is 4.34. The first-order valence-electron chi connectivity index (χ1n) is 7.46. The molecule has 0 spiro atoms. The van der Waals surface area contributed by atoms with Gasteiger partial charge in [-0.15, -0.1) is 0 Å². The van der Waals surface area contributed by atoms with Crippen LogP contribution in [0.3, 0.4) is 0 Å². The van der Waals surface area contributed by atoms with E-state index in [1.807, 2.05) is 0 Å². The average molecular weight is 268 g/mol. The van der Waals surface area contributed by atoms with Crippen molar-refractivity contribution in [3.05, 3.63) is 0 Å². The van der Waals surface area contributed by atoms with E-state index in [0.717, 1.165) is 32.1 Å². The lowest BCUT2D eigenvalue weighted by Gasteiger charge is -2.30. The number of nitrogens with one attached hydrogen (secondary N) is 2. The van der Waals surface area contributed by atoms with E-state index < -0.39 is 11.9 Å². The van der Waals surface area contributed by atoms with Gasteiger partial charge in [-0.1, -0.05) is 32.1 Å². The van der Waals surface area contributed by atoms with Crippen LogP contribution in [-0.4, -0.2) is 29.2 Å². The second-order valence-electron chi connectivity index (χ2n) is 5.79. The van der Waals surface area contributed by atoms with E-state index >= 15 is 0 Å². The molecule has 0 radical (unpaired) electrons. The summed E-state index contributed by atoms with van der Waals surface area (Å²) in [5.41, 5.74) is 0. The maximum atomic E-state index is 11.9. The first-order chi connectivity index (χ1) is 9.16. The molecule has 0 aromatic carbocycles. The van der Waals surface area contributed by atoms with Gasteiger partial charge in [0.05, 0.1) is 5.92 Å². The number of carbonyl (C=O) groups excluding carboxylic acids is 1. The van der Waals surface area contributed by atoms with Crippen LogP contribution in [0, 0.1) is 5.92 Å². The third kappa shape index (κ3) is 4.11. The molecule has 2 amide bonds. The molecule has 5 heteroatoms. The molecule has 19 heavy (non-hydrogen) atoms. The Balaban J connectivity index is 1.80. The van der Waals surface area contributed by atoms with Crippen molar-refractivity contribution in [1.82, 2.24) is 10.6 Å². The summed E-state index contributed by atoms with van der Waals surface area (Å²) in [7, 11) is 0. The lowest BCUT2D eigenvalue weighted by Crippen LogP contribution is -2.51. The monoisotopic (exact) mass is 268 g/mol. The fraction of sp³-hybridized carbons (Fsp3) is 0.857. The molecular weight excluding hydrogens is 244 g/mol. The van der Waals surface area contributed by atoms with E-state index in [4.69, 9.17) is 0 Å². The Kier molecular flexibility index (Phi) is 5.05. The van der Waals surface area contributed by atoms with Crippen molar-refractivity contribution >= 4 is 12.0 Å². The Bertz CT molecular complexity index is 327. The standard InChI is InChI=1S/C14H24N2O3/c17-13(18)11-8-4-5-9-12(11)16-14(19)15-10-6-2-1-3-7-10/h10-12H,1-9H2,(H,17,18)(H2,15,16,19). The number of carboxylic acid groups (broad SMARTS) is 1. The molecule has 3 N–H and O–H groups in total. The van der Waals surface area contributed by atoms with Crippen LogP contribution in [0.15, 0.2) is 0 Å². The molecule has 0 aromatic rings. The molecule has 2 fully saturated rings. The van der Waals surface area contributed by atoms with Crippen molar-refractivity contribution in [1.29, 1.82) is 0 Å². The first kappa shape index (κ1) is 14.2. The minimum atomic E-state index is -0.789. The molecule has 2 atom stereocenters. The number of hydrogen-bond donors (Lipinski definition) is 3. The maximum absolute atomic E-state index is 11.9. The van der Waals surface area contributed by atoms with E-state index in [-0.39, 0.29) is 18.1 Å². The number of aliphatic carboxylic acids is 1. The van der Waals surface area contributed by atoms with Crippen LogP contribution in [0.5, 0.6) is 0 Å². The van der Waals surface area contributed by atoms with Crippen LogP contribution >= 0.6 is 0 Å². The van der Waals surface area contributed by atoms with Crippen LogP contribution in [0.25, 0.3) is 0 Å². The Hall–Kier alpha value is -1.26. The summed E-state index contributed by atoms with van der Waals surface area (Å²) >= 11 is 0. The number of carboxylic acids is 1. The molecule has 2 saturated carbocycles. The Morgan fingerprint density at radius 2 is 1.47 bits per heavy atom. The van der Waals surface area contributed by atoms with Gasteiger partial charge in [0.2, 0.25) is 0 Å². The van der Waals surface area contributed by atoms with Crippen LogP contribution in [0.4, 0.5) is 4.79 Å². The molecule has 2 aliphatic carbocycles. The molecule has 5 nitrogen and oxygen atoms in total. The molecule has 0 aliphatic heterocycles. The van der Waals surface area contributed by atoms with Gasteiger partial charge in [0, 0.05) is 12.1 Å². The van der Waals surface area contributed by atoms with Gasteiger partial charge in [0.25, 0.3) is 0 Å². The summed E-state index contributed by atoms with van der Waals surface area (Å²) < 4.78 is 0. The van der Waals surface area contributed by atoms with Gasteiger partial charge in [0.15, 0.2) is 0 Å². The van der Waals surface area contributed by atoms with Crippen LogP contribution in [0.2, 0.25) is 0 Å². The fourth-order valence-corrected chi connectivity index (χ4v) is 3.24. The highest BCUT2D eigenvalue weighted by molar-refractivity contribution is 5.77. The second-order valence-corrected chi connectivity index (χ2v) is 5.79. The topological polar surface area (TPSA) is 78.4 Å². The lowest BCUT2D eigenvalue weighted by molar-refractivity contribution is -0.143. The summed E-state index contributed by atoms with van der Waals surface area (Å²) in [5, 5.41) is 15.0. The summed E-state index contributed by atoms with van der Waals surface area (Å²) in [6.45, 7) is 0. The van der Waals surface area contributed by atoms with E-state index in [9.17, 15) is 14.7 Å². The van der Waals surface area contributed by atoms with Crippen molar-refractivity contribution in [2.75, 3.05) is 0 Å². The van der Waals surface area contributed by atoms with E-state index in [1.54, 1.807) is 0 Å². The SMILES string of the molecule is O=C(NC1CCCCC1)NC1CCCCC1C(=O)O. The zero-order chi connectivity index (χ0) is 13.7. The van der Waals surface area contributed by atoms with Crippen molar-refractivity contribution in [3.8, 4) is 0 Å². The van der Waals surface area contributed by atoms with E-state index in [2.05, 4.69) is 10.6 Å². The number of carbonyl (C=O) groups is 2. The smallest absolute Gasteiger partial charge is 0.315 e. The quantitative estimate of drug-likeness (QED) is 0.734. The normalized spacial score (nSPS) is 28.6. The Morgan fingerprint density at radius 3 is 2.16 bits per heavy atom. The van der Waals surface area contributed by atoms with Gasteiger partial charge in [-0.05, 0) is 25.7 Å². The molecule has 0 saturated heterocycles. The summed E-state index contributed by atoms with van der Waals surface area (Å²) in [6, 6.07) is -0.138. The molecule has 0 bridgehead atoms. The Morgan fingerprint density at radius 1 is 0.842 bits per heavy atom. The highest BCUT2D eigenvalue weighted by atomic mass is 16.4. The highest BCUT2D eigenvalue weighted by Gasteiger charge is 2.32. The fourth-order valence-electron chi connectivity index (χ4n) is 3.24. The van der Waals surface area contributed by atoms with Gasteiger partial charge < -0.3 is 15.7 Å². The number of hydrogen-bond acceptors (Lipinski definition) is 2. The third-order valence-electron chi connectivity index (χ3n) is 4.34. The van der Waals surface area contributed by atoms with Gasteiger partial charge in [-0.25, -0.2) is 4.79 Å². The van der Waals surface area contributed by atoms with Crippen molar-refractivity contribution < 1.29 is 14.7 Å². The van der Waals surface area contributed by atoms with Crippen LogP contribution in [0.1, 0.15) is 57.8 Å². The molecule has 108 valence electrons. The van der Waals surface area contributed by atoms with E-state index in [0.29, 0.717) is 6.42 Å². The largest absolute Gasteiger partial charge is 0.481 e. The van der Waals surface area contributed by atoms with Gasteiger partial charge in [-0.2, -0.15) is 0 Å². The lowest BCUT2D eigenvalue weighted by atomic mass is 9.84. The average Bonchev–Trinajstić information content (AvgIpc) is 2.40. The van der Waals surface area contributed by atoms with Gasteiger partial charge in [0.1, 0.15) is 0 Å². The summed E-state index contributed by atoms with van der Waals surface area (Å²) in [6.07, 6.45) is 9.07. The van der Waals surface area contributed by atoms with Crippen molar-refractivity contribution in [3.63, 3.8) is 0 Å². The van der Waals surface area contributed by atoms with Crippen LogP contribution in [-0.2, 0) is 4.79 Å². The molecule has 2 rings (SSSR count). The molecular formula is C14H24N2O3. The summed E-state index contributed by atoms with van der Waals surface area (Å²) in [4.78, 5) is 23.1. The number of urea groups is 1. The van der Waals surface area contributed by atoms with Crippen molar-refractivity contribution in [2.24, 2.45) is 5.92 Å². The molecule has 0 aromatic heterocycles. The molecule has 0 heterocycles. The molecule has 2 unspecified atom stereocenters. The zero-order valence-electron chi connectivity index (χ0n) is 11.4. The van der Waals surface area contributed by atoms with Crippen LogP contribution < -0.4 is 10.6 Å². The minimum Gasteiger partial charge on any atom is -0.481 e. The van der Waals surface area contributed by atoms with Crippen molar-refractivity contribution in [2.45, 2.75) is 69.9 Å². The van der Waals surface area contributed by atoms with Gasteiger partial charge >= 0.3 is 12.0 Å². The maximum Gasteiger partial charge on any atom is 0.315 e. The number of rotatable bonds is 3. The highest BCUT2D eigenvalue weighted by Crippen LogP contribution is 2.24.